The molecule has 0 bridgehead atoms. The standard InChI is InChI=1S/C21H34N4O.2ClH/c1-18(21(26)23-11-16-24-14-9-22-10-15-24)25-12-7-20(8-13-25)17-19-5-3-2-4-6-19;;/h2-6,18,20,22H,7-17H2,1H3,(H,23,26);2*1H. The molecule has 2 heterocycles. The summed E-state index contributed by atoms with van der Waals surface area (Å²) in [6.07, 6.45) is 3.54. The third-order valence-electron chi connectivity index (χ3n) is 5.88. The molecule has 2 saturated heterocycles. The van der Waals surface area contributed by atoms with Crippen molar-refractivity contribution in [2.24, 2.45) is 5.92 Å². The fourth-order valence-electron chi connectivity index (χ4n) is 4.08. The van der Waals surface area contributed by atoms with E-state index in [-0.39, 0.29) is 36.8 Å². The Morgan fingerprint density at radius 3 is 2.39 bits per heavy atom. The minimum atomic E-state index is -0.0179. The minimum absolute atomic E-state index is 0. The van der Waals surface area contributed by atoms with E-state index in [1.807, 2.05) is 0 Å². The summed E-state index contributed by atoms with van der Waals surface area (Å²) in [5.74, 6) is 0.929. The summed E-state index contributed by atoms with van der Waals surface area (Å²) in [6, 6.07) is 10.8. The molecule has 7 heteroatoms. The molecule has 160 valence electrons. The zero-order valence-corrected chi connectivity index (χ0v) is 18.6. The molecule has 2 fully saturated rings. The van der Waals surface area contributed by atoms with Crippen LogP contribution in [0.25, 0.3) is 0 Å². The third kappa shape index (κ3) is 7.88. The number of piperidine rings is 1. The van der Waals surface area contributed by atoms with Crippen LogP contribution in [0.3, 0.4) is 0 Å². The zero-order valence-electron chi connectivity index (χ0n) is 16.9. The predicted octanol–water partition coefficient (Wildman–Crippen LogP) is 2.19. The molecule has 0 radical (unpaired) electrons. The predicted molar refractivity (Wildman–Crippen MR) is 121 cm³/mol. The number of piperazine rings is 1. The van der Waals surface area contributed by atoms with Gasteiger partial charge in [-0.15, -0.1) is 24.8 Å². The van der Waals surface area contributed by atoms with E-state index in [4.69, 9.17) is 0 Å². The third-order valence-corrected chi connectivity index (χ3v) is 5.88. The molecule has 1 amide bonds. The van der Waals surface area contributed by atoms with Crippen molar-refractivity contribution in [1.29, 1.82) is 0 Å². The molecular weight excluding hydrogens is 395 g/mol. The monoisotopic (exact) mass is 430 g/mol. The average Bonchev–Trinajstić information content (AvgIpc) is 2.69. The number of nitrogens with one attached hydrogen (secondary N) is 2. The first-order valence-corrected chi connectivity index (χ1v) is 10.2. The molecule has 2 aliphatic rings. The molecule has 1 atom stereocenters. The Labute approximate surface area is 182 Å². The number of carbonyl (C=O) groups is 1. The number of likely N-dealkylation sites (tertiary alicyclic amines) is 1. The lowest BCUT2D eigenvalue weighted by Gasteiger charge is -2.35. The van der Waals surface area contributed by atoms with Gasteiger partial charge in [0, 0.05) is 39.3 Å². The van der Waals surface area contributed by atoms with E-state index < -0.39 is 0 Å². The van der Waals surface area contributed by atoms with Gasteiger partial charge in [-0.3, -0.25) is 14.6 Å². The van der Waals surface area contributed by atoms with Crippen LogP contribution in [0.15, 0.2) is 30.3 Å². The second kappa shape index (κ2) is 13.4. The number of halogens is 2. The average molecular weight is 431 g/mol. The van der Waals surface area contributed by atoms with Crippen molar-refractivity contribution in [3.05, 3.63) is 35.9 Å². The van der Waals surface area contributed by atoms with Gasteiger partial charge in [-0.1, -0.05) is 30.3 Å². The van der Waals surface area contributed by atoms with Crippen molar-refractivity contribution >= 4 is 30.7 Å². The number of hydrogen-bond acceptors (Lipinski definition) is 4. The second-order valence-electron chi connectivity index (χ2n) is 7.73. The molecule has 5 nitrogen and oxygen atoms in total. The Hall–Kier alpha value is -0.850. The highest BCUT2D eigenvalue weighted by molar-refractivity contribution is 5.85. The largest absolute Gasteiger partial charge is 0.353 e. The van der Waals surface area contributed by atoms with E-state index in [1.165, 1.54) is 24.8 Å². The number of benzene rings is 1. The number of hydrogen-bond donors (Lipinski definition) is 2. The van der Waals surface area contributed by atoms with Crippen LogP contribution in [0, 0.1) is 5.92 Å². The normalized spacial score (nSPS) is 19.9. The molecule has 1 aromatic rings. The Balaban J connectivity index is 0.00000196. The fraction of sp³-hybridized carbons (Fsp3) is 0.667. The first-order chi connectivity index (χ1) is 12.7. The molecule has 2 aliphatic heterocycles. The van der Waals surface area contributed by atoms with Gasteiger partial charge in [0.15, 0.2) is 0 Å². The van der Waals surface area contributed by atoms with Gasteiger partial charge in [-0.2, -0.15) is 0 Å². The smallest absolute Gasteiger partial charge is 0.237 e. The van der Waals surface area contributed by atoms with Gasteiger partial charge in [0.2, 0.25) is 5.91 Å². The quantitative estimate of drug-likeness (QED) is 0.695. The maximum atomic E-state index is 12.5. The molecule has 0 aromatic heterocycles. The SMILES string of the molecule is CC(C(=O)NCCN1CCNCC1)N1CCC(Cc2ccccc2)CC1.Cl.Cl. The second-order valence-corrected chi connectivity index (χ2v) is 7.73. The Bertz CT molecular complexity index is 547. The Morgan fingerprint density at radius 2 is 1.75 bits per heavy atom. The van der Waals surface area contributed by atoms with Gasteiger partial charge in [0.05, 0.1) is 6.04 Å². The van der Waals surface area contributed by atoms with Crippen molar-refractivity contribution in [3.8, 4) is 0 Å². The van der Waals surface area contributed by atoms with Crippen LogP contribution >= 0.6 is 24.8 Å². The number of nitrogens with zero attached hydrogens (tertiary/aromatic N) is 2. The first-order valence-electron chi connectivity index (χ1n) is 10.2. The number of rotatable bonds is 7. The topological polar surface area (TPSA) is 47.6 Å². The summed E-state index contributed by atoms with van der Waals surface area (Å²) in [7, 11) is 0. The molecule has 3 rings (SSSR count). The minimum Gasteiger partial charge on any atom is -0.353 e. The number of amides is 1. The van der Waals surface area contributed by atoms with E-state index >= 15 is 0 Å². The highest BCUT2D eigenvalue weighted by Crippen LogP contribution is 2.22. The van der Waals surface area contributed by atoms with Crippen LogP contribution in [0.4, 0.5) is 0 Å². The van der Waals surface area contributed by atoms with Gasteiger partial charge >= 0.3 is 0 Å². The van der Waals surface area contributed by atoms with Gasteiger partial charge in [-0.25, -0.2) is 0 Å². The van der Waals surface area contributed by atoms with E-state index in [0.29, 0.717) is 0 Å². The molecule has 0 aliphatic carbocycles. The summed E-state index contributed by atoms with van der Waals surface area (Å²) < 4.78 is 0. The van der Waals surface area contributed by atoms with E-state index in [9.17, 15) is 4.79 Å². The van der Waals surface area contributed by atoms with Crippen LogP contribution in [0.2, 0.25) is 0 Å². The molecule has 1 unspecified atom stereocenters. The summed E-state index contributed by atoms with van der Waals surface area (Å²) >= 11 is 0. The first kappa shape index (κ1) is 25.2. The molecular formula is C21H36Cl2N4O. The van der Waals surface area contributed by atoms with E-state index in [0.717, 1.165) is 58.3 Å². The molecule has 0 spiro atoms. The van der Waals surface area contributed by atoms with Gasteiger partial charge < -0.3 is 10.6 Å². The summed E-state index contributed by atoms with van der Waals surface area (Å²) in [4.78, 5) is 17.2. The molecule has 2 N–H and O–H groups in total. The van der Waals surface area contributed by atoms with Gasteiger partial charge in [0.25, 0.3) is 0 Å². The van der Waals surface area contributed by atoms with Gasteiger partial charge in [0.1, 0.15) is 0 Å². The summed E-state index contributed by atoms with van der Waals surface area (Å²) in [6.45, 7) is 10.1. The van der Waals surface area contributed by atoms with E-state index in [2.05, 4.69) is 57.7 Å². The van der Waals surface area contributed by atoms with Crippen LogP contribution in [-0.4, -0.2) is 74.1 Å². The Morgan fingerprint density at radius 1 is 1.11 bits per heavy atom. The highest BCUT2D eigenvalue weighted by atomic mass is 35.5. The maximum Gasteiger partial charge on any atom is 0.237 e. The maximum absolute atomic E-state index is 12.5. The van der Waals surface area contributed by atoms with E-state index in [1.54, 1.807) is 0 Å². The Kier molecular flexibility index (Phi) is 12.0. The molecule has 1 aromatic carbocycles. The summed E-state index contributed by atoms with van der Waals surface area (Å²) in [5, 5.41) is 6.49. The van der Waals surface area contributed by atoms with Crippen molar-refractivity contribution in [1.82, 2.24) is 20.4 Å². The molecule has 0 saturated carbocycles. The van der Waals surface area contributed by atoms with Crippen molar-refractivity contribution in [2.45, 2.75) is 32.2 Å². The lowest BCUT2D eigenvalue weighted by atomic mass is 9.89. The summed E-state index contributed by atoms with van der Waals surface area (Å²) in [5.41, 5.74) is 1.43. The van der Waals surface area contributed by atoms with Crippen LogP contribution < -0.4 is 10.6 Å². The zero-order chi connectivity index (χ0) is 18.2. The highest BCUT2D eigenvalue weighted by Gasteiger charge is 2.26. The lowest BCUT2D eigenvalue weighted by molar-refractivity contribution is -0.126. The van der Waals surface area contributed by atoms with Crippen LogP contribution in [0.1, 0.15) is 25.3 Å². The molecule has 28 heavy (non-hydrogen) atoms. The van der Waals surface area contributed by atoms with Crippen molar-refractivity contribution < 1.29 is 4.79 Å². The fourth-order valence-corrected chi connectivity index (χ4v) is 4.08. The number of carbonyl (C=O) groups excluding carboxylic acids is 1. The van der Waals surface area contributed by atoms with Crippen molar-refractivity contribution in [3.63, 3.8) is 0 Å². The van der Waals surface area contributed by atoms with Gasteiger partial charge in [-0.05, 0) is 50.8 Å². The van der Waals surface area contributed by atoms with Crippen LogP contribution in [0.5, 0.6) is 0 Å². The lowest BCUT2D eigenvalue weighted by Crippen LogP contribution is -2.50. The van der Waals surface area contributed by atoms with Crippen LogP contribution in [-0.2, 0) is 11.2 Å². The van der Waals surface area contributed by atoms with Crippen molar-refractivity contribution in [2.75, 3.05) is 52.4 Å².